The molecule has 0 radical (unpaired) electrons. The molecular formula is C18H24N2O4. The van der Waals surface area contributed by atoms with E-state index in [-0.39, 0.29) is 41.4 Å². The van der Waals surface area contributed by atoms with E-state index >= 15 is 0 Å². The van der Waals surface area contributed by atoms with Gasteiger partial charge in [0.15, 0.2) is 0 Å². The average Bonchev–Trinajstić information content (AvgIpc) is 3.28. The molecule has 2 aliphatic carbocycles. The summed E-state index contributed by atoms with van der Waals surface area (Å²) in [6.07, 6.45) is 6.38. The van der Waals surface area contributed by atoms with E-state index in [0.29, 0.717) is 32.7 Å². The number of carbonyl (C=O) groups excluding carboxylic acids is 3. The fourth-order valence-corrected chi connectivity index (χ4v) is 4.86. The molecule has 0 aromatic rings. The highest BCUT2D eigenvalue weighted by Crippen LogP contribution is 2.53. The molecule has 4 rings (SSSR count). The minimum absolute atomic E-state index is 0.0953. The van der Waals surface area contributed by atoms with Gasteiger partial charge in [-0.05, 0) is 24.7 Å². The van der Waals surface area contributed by atoms with Gasteiger partial charge in [-0.2, -0.15) is 0 Å². The Morgan fingerprint density at radius 3 is 2.29 bits per heavy atom. The predicted molar refractivity (Wildman–Crippen MR) is 85.7 cm³/mol. The van der Waals surface area contributed by atoms with Crippen LogP contribution in [0.1, 0.15) is 26.2 Å². The molecule has 3 fully saturated rings. The topological polar surface area (TPSA) is 66.9 Å². The fourth-order valence-electron chi connectivity index (χ4n) is 4.86. The van der Waals surface area contributed by atoms with Crippen molar-refractivity contribution in [3.05, 3.63) is 12.2 Å². The maximum absolute atomic E-state index is 13.0. The molecule has 3 amide bonds. The molecule has 4 aliphatic rings. The molecule has 2 bridgehead atoms. The van der Waals surface area contributed by atoms with Crippen molar-refractivity contribution < 1.29 is 19.1 Å². The Hall–Kier alpha value is -1.69. The van der Waals surface area contributed by atoms with Crippen LogP contribution in [0.2, 0.25) is 0 Å². The summed E-state index contributed by atoms with van der Waals surface area (Å²) in [6, 6.07) is -0.641. The quantitative estimate of drug-likeness (QED) is 0.565. The second kappa shape index (κ2) is 5.99. The van der Waals surface area contributed by atoms with E-state index in [1.54, 1.807) is 4.90 Å². The zero-order chi connectivity index (χ0) is 16.8. The molecule has 0 aromatic heterocycles. The van der Waals surface area contributed by atoms with E-state index in [1.165, 1.54) is 4.90 Å². The molecule has 2 aliphatic heterocycles. The van der Waals surface area contributed by atoms with Gasteiger partial charge in [0, 0.05) is 13.1 Å². The van der Waals surface area contributed by atoms with E-state index in [0.717, 1.165) is 12.8 Å². The van der Waals surface area contributed by atoms with Gasteiger partial charge in [0.25, 0.3) is 0 Å². The Balaban J connectivity index is 1.58. The van der Waals surface area contributed by atoms with Crippen molar-refractivity contribution >= 4 is 17.7 Å². The first-order valence-corrected chi connectivity index (χ1v) is 9.05. The third-order valence-electron chi connectivity index (χ3n) is 5.99. The van der Waals surface area contributed by atoms with Crippen molar-refractivity contribution in [1.29, 1.82) is 0 Å². The highest BCUT2D eigenvalue weighted by molar-refractivity contribution is 6.09. The molecule has 0 aromatic carbocycles. The van der Waals surface area contributed by atoms with Gasteiger partial charge in [-0.1, -0.05) is 25.5 Å². The Morgan fingerprint density at radius 2 is 1.75 bits per heavy atom. The Labute approximate surface area is 141 Å². The van der Waals surface area contributed by atoms with Gasteiger partial charge in [0.2, 0.25) is 17.7 Å². The molecule has 0 N–H and O–H groups in total. The number of ether oxygens (including phenoxy) is 1. The lowest BCUT2D eigenvalue weighted by molar-refractivity contribution is -0.154. The summed E-state index contributed by atoms with van der Waals surface area (Å²) in [5, 5.41) is 0. The van der Waals surface area contributed by atoms with Crippen LogP contribution in [0.15, 0.2) is 12.2 Å². The third kappa shape index (κ3) is 2.23. The largest absolute Gasteiger partial charge is 0.378 e. The molecule has 0 unspecified atom stereocenters. The maximum Gasteiger partial charge on any atom is 0.246 e. The van der Waals surface area contributed by atoms with Crippen LogP contribution >= 0.6 is 0 Å². The molecule has 0 spiro atoms. The standard InChI is InChI=1S/C18H24N2O4/c1-2-3-13(16(21)19-6-8-24-9-7-19)20-17(22)14-11-4-5-12(10-11)15(14)18(20)23/h4-5,11-15H,2-3,6-10H2,1H3/t11-,12+,13-,14+,15-/m0/s1. The van der Waals surface area contributed by atoms with E-state index in [1.807, 2.05) is 6.92 Å². The number of hydrogen-bond donors (Lipinski definition) is 0. The molecule has 6 nitrogen and oxygen atoms in total. The van der Waals surface area contributed by atoms with Gasteiger partial charge in [0.1, 0.15) is 6.04 Å². The molecule has 1 saturated carbocycles. The summed E-state index contributed by atoms with van der Waals surface area (Å²) < 4.78 is 5.30. The second-order valence-corrected chi connectivity index (χ2v) is 7.29. The van der Waals surface area contributed by atoms with Crippen LogP contribution in [0.4, 0.5) is 0 Å². The number of likely N-dealkylation sites (tertiary alicyclic amines) is 1. The normalized spacial score (nSPS) is 35.7. The molecular weight excluding hydrogens is 308 g/mol. The smallest absolute Gasteiger partial charge is 0.246 e. The Bertz CT molecular complexity index is 566. The van der Waals surface area contributed by atoms with Crippen LogP contribution in [-0.2, 0) is 19.1 Å². The van der Waals surface area contributed by atoms with E-state index in [9.17, 15) is 14.4 Å². The van der Waals surface area contributed by atoms with Crippen molar-refractivity contribution in [2.45, 2.75) is 32.2 Å². The summed E-state index contributed by atoms with van der Waals surface area (Å²) in [7, 11) is 0. The molecule has 2 saturated heterocycles. The van der Waals surface area contributed by atoms with Crippen molar-refractivity contribution in [3.63, 3.8) is 0 Å². The van der Waals surface area contributed by atoms with E-state index < -0.39 is 6.04 Å². The first-order valence-electron chi connectivity index (χ1n) is 9.05. The van der Waals surface area contributed by atoms with E-state index in [2.05, 4.69) is 12.2 Å². The summed E-state index contributed by atoms with van der Waals surface area (Å²) in [6.45, 7) is 4.10. The number of nitrogens with zero attached hydrogens (tertiary/aromatic N) is 2. The van der Waals surface area contributed by atoms with Crippen molar-refractivity contribution in [2.75, 3.05) is 26.3 Å². The number of rotatable bonds is 4. The highest BCUT2D eigenvalue weighted by Gasteiger charge is 2.61. The number of carbonyl (C=O) groups is 3. The minimum Gasteiger partial charge on any atom is -0.378 e. The number of allylic oxidation sites excluding steroid dienone is 2. The van der Waals surface area contributed by atoms with Crippen molar-refractivity contribution in [3.8, 4) is 0 Å². The lowest BCUT2D eigenvalue weighted by atomic mass is 9.85. The highest BCUT2D eigenvalue weighted by atomic mass is 16.5. The van der Waals surface area contributed by atoms with Crippen LogP contribution in [0, 0.1) is 23.7 Å². The van der Waals surface area contributed by atoms with Gasteiger partial charge in [-0.3, -0.25) is 19.3 Å². The van der Waals surface area contributed by atoms with Crippen LogP contribution in [0.3, 0.4) is 0 Å². The summed E-state index contributed by atoms with van der Waals surface area (Å²) in [5.74, 6) is -0.441. The van der Waals surface area contributed by atoms with Gasteiger partial charge < -0.3 is 9.64 Å². The fraction of sp³-hybridized carbons (Fsp3) is 0.722. The van der Waals surface area contributed by atoms with Crippen LogP contribution in [0.5, 0.6) is 0 Å². The van der Waals surface area contributed by atoms with Crippen molar-refractivity contribution in [2.24, 2.45) is 23.7 Å². The molecule has 2 heterocycles. The van der Waals surface area contributed by atoms with Gasteiger partial charge in [0.05, 0.1) is 25.0 Å². The van der Waals surface area contributed by atoms with Crippen molar-refractivity contribution in [1.82, 2.24) is 9.80 Å². The SMILES string of the molecule is CCC[C@@H](C(=O)N1CCOCC1)N1C(=O)[C@@H]2[C@H](C1=O)[C@H]1C=C[C@@H]2C1. The third-order valence-corrected chi connectivity index (χ3v) is 5.99. The number of hydrogen-bond acceptors (Lipinski definition) is 4. The van der Waals surface area contributed by atoms with Crippen LogP contribution in [0.25, 0.3) is 0 Å². The monoisotopic (exact) mass is 332 g/mol. The molecule has 5 atom stereocenters. The second-order valence-electron chi connectivity index (χ2n) is 7.29. The van der Waals surface area contributed by atoms with Gasteiger partial charge in [-0.25, -0.2) is 0 Å². The Kier molecular flexibility index (Phi) is 3.95. The Morgan fingerprint density at radius 1 is 1.17 bits per heavy atom. The van der Waals surface area contributed by atoms with Gasteiger partial charge >= 0.3 is 0 Å². The lowest BCUT2D eigenvalue weighted by Crippen LogP contribution is -2.54. The van der Waals surface area contributed by atoms with Crippen LogP contribution in [-0.4, -0.2) is 59.9 Å². The zero-order valence-corrected chi connectivity index (χ0v) is 14.0. The first-order chi connectivity index (χ1) is 11.6. The summed E-state index contributed by atoms with van der Waals surface area (Å²) >= 11 is 0. The first kappa shape index (κ1) is 15.8. The molecule has 24 heavy (non-hydrogen) atoms. The number of fused-ring (bicyclic) bond motifs is 5. The summed E-state index contributed by atoms with van der Waals surface area (Å²) in [4.78, 5) is 42.0. The molecule has 130 valence electrons. The number of morpholine rings is 1. The van der Waals surface area contributed by atoms with E-state index in [4.69, 9.17) is 4.74 Å². The molecule has 6 heteroatoms. The minimum atomic E-state index is -0.641. The van der Waals surface area contributed by atoms with Gasteiger partial charge in [-0.15, -0.1) is 0 Å². The maximum atomic E-state index is 13.0. The number of imide groups is 1. The zero-order valence-electron chi connectivity index (χ0n) is 14.0. The van der Waals surface area contributed by atoms with Crippen LogP contribution < -0.4 is 0 Å². The summed E-state index contributed by atoms with van der Waals surface area (Å²) in [5.41, 5.74) is 0. The lowest BCUT2D eigenvalue weighted by Gasteiger charge is -2.34. The number of amides is 3. The predicted octanol–water partition coefficient (Wildman–Crippen LogP) is 0.821. The average molecular weight is 332 g/mol.